The Bertz CT molecular complexity index is 282. The average Bonchev–Trinajstić information content (AvgIpc) is 2.15. The second kappa shape index (κ2) is 8.48. The fourth-order valence-corrected chi connectivity index (χ4v) is 1.01. The van der Waals surface area contributed by atoms with E-state index in [1.54, 1.807) is 0 Å². The van der Waals surface area contributed by atoms with Crippen LogP contribution in [0.4, 0.5) is 4.79 Å². The van der Waals surface area contributed by atoms with Crippen molar-refractivity contribution in [3.05, 3.63) is 0 Å². The number of hydrogen-bond donors (Lipinski definition) is 3. The number of ether oxygens (including phenoxy) is 1. The Labute approximate surface area is 98.9 Å². The van der Waals surface area contributed by atoms with Crippen LogP contribution in [0.1, 0.15) is 0 Å². The predicted octanol–water partition coefficient (Wildman–Crippen LogP) is -1.52. The largest absolute Gasteiger partial charge is 0.480 e. The maximum Gasteiger partial charge on any atom is 0.321 e. The summed E-state index contributed by atoms with van der Waals surface area (Å²) in [6.45, 7) is 0.212. The Morgan fingerprint density at radius 1 is 1.29 bits per heavy atom. The highest BCUT2D eigenvalue weighted by Crippen LogP contribution is 1.82. The number of hydrogen-bond acceptors (Lipinski definition) is 5. The SMILES string of the molecule is COCCNC(=O)NC(=O)CN(C)CC(=O)O. The molecule has 8 nitrogen and oxygen atoms in total. The number of carbonyl (C=O) groups excluding carboxylic acids is 2. The van der Waals surface area contributed by atoms with Crippen molar-refractivity contribution in [1.29, 1.82) is 0 Å². The van der Waals surface area contributed by atoms with E-state index in [0.29, 0.717) is 13.2 Å². The summed E-state index contributed by atoms with van der Waals surface area (Å²) in [5, 5.41) is 12.9. The van der Waals surface area contributed by atoms with Gasteiger partial charge >= 0.3 is 12.0 Å². The molecule has 0 saturated heterocycles. The number of carboxylic acid groups (broad SMARTS) is 1. The third-order valence-corrected chi connectivity index (χ3v) is 1.66. The van der Waals surface area contributed by atoms with Gasteiger partial charge in [0.25, 0.3) is 0 Å². The molecule has 3 amide bonds. The number of urea groups is 1. The molecule has 0 aromatic heterocycles. The molecule has 0 rings (SSSR count). The van der Waals surface area contributed by atoms with Crippen LogP contribution in [-0.4, -0.2) is 68.3 Å². The standard InChI is InChI=1S/C9H17N3O5/c1-12(6-8(14)15)5-7(13)11-9(16)10-3-4-17-2/h3-6H2,1-2H3,(H,14,15)(H2,10,11,13,16). The number of aliphatic carboxylic acids is 1. The van der Waals surface area contributed by atoms with Crippen molar-refractivity contribution in [3.63, 3.8) is 0 Å². The third kappa shape index (κ3) is 9.27. The molecule has 0 aliphatic rings. The third-order valence-electron chi connectivity index (χ3n) is 1.66. The van der Waals surface area contributed by atoms with Gasteiger partial charge in [-0.3, -0.25) is 19.8 Å². The summed E-state index contributed by atoms with van der Waals surface area (Å²) >= 11 is 0. The lowest BCUT2D eigenvalue weighted by molar-refractivity contribution is -0.138. The van der Waals surface area contributed by atoms with Gasteiger partial charge in [-0.1, -0.05) is 0 Å². The molecular weight excluding hydrogens is 230 g/mol. The second-order valence-corrected chi connectivity index (χ2v) is 3.36. The first kappa shape index (κ1) is 15.3. The maximum absolute atomic E-state index is 11.2. The lowest BCUT2D eigenvalue weighted by Crippen LogP contribution is -2.45. The minimum Gasteiger partial charge on any atom is -0.480 e. The normalized spacial score (nSPS) is 10.1. The van der Waals surface area contributed by atoms with Gasteiger partial charge < -0.3 is 15.2 Å². The minimum absolute atomic E-state index is 0.163. The molecule has 3 N–H and O–H groups in total. The molecule has 0 bridgehead atoms. The number of likely N-dealkylation sites (N-methyl/N-ethyl adjacent to an activating group) is 1. The number of nitrogens with one attached hydrogen (secondary N) is 2. The van der Waals surface area contributed by atoms with Crippen molar-refractivity contribution in [2.45, 2.75) is 0 Å². The highest BCUT2D eigenvalue weighted by atomic mass is 16.5. The van der Waals surface area contributed by atoms with Crippen molar-refractivity contribution >= 4 is 17.9 Å². The van der Waals surface area contributed by atoms with E-state index in [2.05, 4.69) is 10.6 Å². The lowest BCUT2D eigenvalue weighted by atomic mass is 10.5. The molecule has 0 atom stereocenters. The van der Waals surface area contributed by atoms with Gasteiger partial charge in [0.2, 0.25) is 5.91 Å². The molecular formula is C9H17N3O5. The Morgan fingerprint density at radius 2 is 1.94 bits per heavy atom. The van der Waals surface area contributed by atoms with Gasteiger partial charge in [-0.2, -0.15) is 0 Å². The summed E-state index contributed by atoms with van der Waals surface area (Å²) in [5.74, 6) is -1.60. The van der Waals surface area contributed by atoms with Gasteiger partial charge in [-0.05, 0) is 7.05 Å². The topological polar surface area (TPSA) is 108 Å². The zero-order chi connectivity index (χ0) is 13.3. The molecule has 0 aliphatic carbocycles. The molecule has 0 fully saturated rings. The highest BCUT2D eigenvalue weighted by Gasteiger charge is 2.11. The molecule has 8 heteroatoms. The van der Waals surface area contributed by atoms with Gasteiger partial charge in [0.05, 0.1) is 19.7 Å². The van der Waals surface area contributed by atoms with Crippen LogP contribution in [0.15, 0.2) is 0 Å². The van der Waals surface area contributed by atoms with Gasteiger partial charge in [0, 0.05) is 13.7 Å². The van der Waals surface area contributed by atoms with E-state index < -0.39 is 17.9 Å². The van der Waals surface area contributed by atoms with Gasteiger partial charge in [-0.15, -0.1) is 0 Å². The Kier molecular flexibility index (Phi) is 7.65. The van der Waals surface area contributed by atoms with Crippen molar-refractivity contribution < 1.29 is 24.2 Å². The molecule has 0 aromatic carbocycles. The fraction of sp³-hybridized carbons (Fsp3) is 0.667. The maximum atomic E-state index is 11.2. The minimum atomic E-state index is -1.04. The van der Waals surface area contributed by atoms with Crippen LogP contribution in [0.25, 0.3) is 0 Å². The van der Waals surface area contributed by atoms with E-state index >= 15 is 0 Å². The molecule has 0 aromatic rings. The smallest absolute Gasteiger partial charge is 0.321 e. The van der Waals surface area contributed by atoms with Crippen molar-refractivity contribution in [3.8, 4) is 0 Å². The summed E-state index contributed by atoms with van der Waals surface area (Å²) in [6.07, 6.45) is 0. The van der Waals surface area contributed by atoms with E-state index in [1.165, 1.54) is 19.1 Å². The van der Waals surface area contributed by atoms with Crippen molar-refractivity contribution in [2.75, 3.05) is 40.4 Å². The van der Waals surface area contributed by atoms with Gasteiger partial charge in [0.1, 0.15) is 0 Å². The first-order valence-corrected chi connectivity index (χ1v) is 4.92. The number of nitrogens with zero attached hydrogens (tertiary/aromatic N) is 1. The van der Waals surface area contributed by atoms with Crippen molar-refractivity contribution in [1.82, 2.24) is 15.5 Å². The fourth-order valence-electron chi connectivity index (χ4n) is 1.01. The van der Waals surface area contributed by atoms with Crippen LogP contribution >= 0.6 is 0 Å². The Balaban J connectivity index is 3.77. The number of amides is 3. The highest BCUT2D eigenvalue weighted by molar-refractivity contribution is 5.95. The van der Waals surface area contributed by atoms with Gasteiger partial charge in [-0.25, -0.2) is 4.79 Å². The molecule has 0 heterocycles. The number of methoxy groups -OCH3 is 1. The van der Waals surface area contributed by atoms with Crippen LogP contribution in [0.5, 0.6) is 0 Å². The summed E-state index contributed by atoms with van der Waals surface area (Å²) in [7, 11) is 2.96. The van der Waals surface area contributed by atoms with Crippen LogP contribution in [0, 0.1) is 0 Å². The summed E-state index contributed by atoms with van der Waals surface area (Å²) in [4.78, 5) is 33.9. The molecule has 0 saturated carbocycles. The monoisotopic (exact) mass is 247 g/mol. The Hall–Kier alpha value is -1.67. The molecule has 17 heavy (non-hydrogen) atoms. The molecule has 0 radical (unpaired) electrons. The number of carboxylic acids is 1. The van der Waals surface area contributed by atoms with E-state index in [4.69, 9.17) is 9.84 Å². The molecule has 98 valence electrons. The summed E-state index contributed by atoms with van der Waals surface area (Å²) in [6, 6.07) is -0.629. The predicted molar refractivity (Wildman–Crippen MR) is 58.6 cm³/mol. The number of imide groups is 1. The van der Waals surface area contributed by atoms with E-state index in [0.717, 1.165) is 0 Å². The summed E-state index contributed by atoms with van der Waals surface area (Å²) in [5.41, 5.74) is 0. The molecule has 0 spiro atoms. The zero-order valence-electron chi connectivity index (χ0n) is 9.86. The van der Waals surface area contributed by atoms with Crippen LogP contribution in [0.2, 0.25) is 0 Å². The van der Waals surface area contributed by atoms with Gasteiger partial charge in [0.15, 0.2) is 0 Å². The van der Waals surface area contributed by atoms with Crippen LogP contribution in [0.3, 0.4) is 0 Å². The van der Waals surface area contributed by atoms with E-state index in [9.17, 15) is 14.4 Å². The van der Waals surface area contributed by atoms with Crippen LogP contribution in [-0.2, 0) is 14.3 Å². The van der Waals surface area contributed by atoms with Crippen molar-refractivity contribution in [2.24, 2.45) is 0 Å². The second-order valence-electron chi connectivity index (χ2n) is 3.36. The first-order valence-electron chi connectivity index (χ1n) is 4.92. The number of rotatable bonds is 7. The number of carbonyl (C=O) groups is 3. The van der Waals surface area contributed by atoms with Crippen LogP contribution < -0.4 is 10.6 Å². The lowest BCUT2D eigenvalue weighted by Gasteiger charge is -2.13. The quantitative estimate of drug-likeness (QED) is 0.471. The first-order chi connectivity index (χ1) is 7.95. The zero-order valence-corrected chi connectivity index (χ0v) is 9.86. The molecule has 0 unspecified atom stereocenters. The molecule has 0 aliphatic heterocycles. The average molecular weight is 247 g/mol. The Morgan fingerprint density at radius 3 is 2.47 bits per heavy atom. The van der Waals surface area contributed by atoms with E-state index in [1.807, 2.05) is 0 Å². The van der Waals surface area contributed by atoms with E-state index in [-0.39, 0.29) is 13.1 Å². The summed E-state index contributed by atoms with van der Waals surface area (Å²) < 4.78 is 4.70.